The minimum absolute atomic E-state index is 0.0402. The van der Waals surface area contributed by atoms with Crippen molar-refractivity contribution >= 4 is 17.5 Å². The Bertz CT molecular complexity index is 892. The van der Waals surface area contributed by atoms with Crippen LogP contribution in [0, 0.1) is 6.92 Å². The van der Waals surface area contributed by atoms with Gasteiger partial charge in [0.2, 0.25) is 0 Å². The Labute approximate surface area is 158 Å². The molecule has 0 saturated heterocycles. The molecule has 1 atom stereocenters. The fourth-order valence-electron chi connectivity index (χ4n) is 2.70. The Hall–Kier alpha value is -2.66. The van der Waals surface area contributed by atoms with Crippen LogP contribution < -0.4 is 5.32 Å². The van der Waals surface area contributed by atoms with Crippen LogP contribution in [0.2, 0.25) is 5.02 Å². The van der Waals surface area contributed by atoms with Crippen LogP contribution in [0.5, 0.6) is 0 Å². The maximum absolute atomic E-state index is 12.5. The first-order valence-corrected chi connectivity index (χ1v) is 8.95. The standard InChI is InChI=1S/C20H21ClN4O/c1-14(11-12-16-7-4-3-5-8-16)22-20(26)19-15(2)23-25(24-19)18-10-6-9-17(21)13-18/h3-10,13-14H,11-12H2,1-2H3,(H,22,26). The van der Waals surface area contributed by atoms with E-state index in [1.54, 1.807) is 19.1 Å². The number of aromatic nitrogens is 3. The predicted octanol–water partition coefficient (Wildman–Crippen LogP) is 3.98. The molecule has 1 amide bonds. The highest BCUT2D eigenvalue weighted by Gasteiger charge is 2.18. The van der Waals surface area contributed by atoms with E-state index >= 15 is 0 Å². The lowest BCUT2D eigenvalue weighted by atomic mass is 10.1. The molecule has 1 N–H and O–H groups in total. The van der Waals surface area contributed by atoms with Crippen LogP contribution in [0.3, 0.4) is 0 Å². The van der Waals surface area contributed by atoms with E-state index < -0.39 is 0 Å². The van der Waals surface area contributed by atoms with Crippen LogP contribution in [-0.4, -0.2) is 26.9 Å². The molecule has 0 aliphatic heterocycles. The van der Waals surface area contributed by atoms with E-state index in [0.29, 0.717) is 16.4 Å². The van der Waals surface area contributed by atoms with Crippen molar-refractivity contribution in [2.45, 2.75) is 32.7 Å². The summed E-state index contributed by atoms with van der Waals surface area (Å²) in [4.78, 5) is 14.0. The lowest BCUT2D eigenvalue weighted by Gasteiger charge is -2.13. The number of aryl methyl sites for hydroxylation is 2. The van der Waals surface area contributed by atoms with E-state index in [4.69, 9.17) is 11.6 Å². The van der Waals surface area contributed by atoms with Gasteiger partial charge in [0, 0.05) is 11.1 Å². The van der Waals surface area contributed by atoms with Crippen molar-refractivity contribution in [2.24, 2.45) is 0 Å². The molecule has 0 aliphatic carbocycles. The topological polar surface area (TPSA) is 59.8 Å². The maximum Gasteiger partial charge on any atom is 0.273 e. The minimum atomic E-state index is -0.212. The number of benzene rings is 2. The van der Waals surface area contributed by atoms with Gasteiger partial charge in [-0.3, -0.25) is 4.79 Å². The fourth-order valence-corrected chi connectivity index (χ4v) is 2.88. The number of amides is 1. The zero-order chi connectivity index (χ0) is 18.5. The molecule has 1 aromatic heterocycles. The summed E-state index contributed by atoms with van der Waals surface area (Å²) in [6.07, 6.45) is 1.77. The summed E-state index contributed by atoms with van der Waals surface area (Å²) in [5, 5.41) is 12.3. The van der Waals surface area contributed by atoms with Gasteiger partial charge < -0.3 is 5.32 Å². The molecule has 26 heavy (non-hydrogen) atoms. The lowest BCUT2D eigenvalue weighted by molar-refractivity contribution is 0.0932. The van der Waals surface area contributed by atoms with E-state index in [1.807, 2.05) is 37.3 Å². The van der Waals surface area contributed by atoms with Gasteiger partial charge in [-0.15, -0.1) is 5.10 Å². The lowest BCUT2D eigenvalue weighted by Crippen LogP contribution is -2.33. The fraction of sp³-hybridized carbons (Fsp3) is 0.250. The number of halogens is 1. The van der Waals surface area contributed by atoms with E-state index in [9.17, 15) is 4.79 Å². The molecule has 3 aromatic rings. The summed E-state index contributed by atoms with van der Waals surface area (Å²) in [6.45, 7) is 3.77. The summed E-state index contributed by atoms with van der Waals surface area (Å²) < 4.78 is 0. The molecule has 0 fully saturated rings. The first-order valence-electron chi connectivity index (χ1n) is 8.57. The van der Waals surface area contributed by atoms with Crippen LogP contribution in [0.25, 0.3) is 5.69 Å². The van der Waals surface area contributed by atoms with Gasteiger partial charge in [-0.2, -0.15) is 9.90 Å². The van der Waals surface area contributed by atoms with Gasteiger partial charge in [0.15, 0.2) is 5.69 Å². The third-order valence-corrected chi connectivity index (χ3v) is 4.36. The Morgan fingerprint density at radius 2 is 1.92 bits per heavy atom. The zero-order valence-corrected chi connectivity index (χ0v) is 15.6. The van der Waals surface area contributed by atoms with Crippen molar-refractivity contribution in [1.82, 2.24) is 20.3 Å². The predicted molar refractivity (Wildman–Crippen MR) is 103 cm³/mol. The van der Waals surface area contributed by atoms with Crippen LogP contribution in [0.4, 0.5) is 0 Å². The molecule has 2 aromatic carbocycles. The molecular formula is C20H21ClN4O. The number of nitrogens with one attached hydrogen (secondary N) is 1. The average molecular weight is 369 g/mol. The third kappa shape index (κ3) is 4.49. The smallest absolute Gasteiger partial charge is 0.273 e. The summed E-state index contributed by atoms with van der Waals surface area (Å²) in [7, 11) is 0. The van der Waals surface area contributed by atoms with Gasteiger partial charge >= 0.3 is 0 Å². The molecule has 0 radical (unpaired) electrons. The minimum Gasteiger partial charge on any atom is -0.348 e. The second-order valence-electron chi connectivity index (χ2n) is 6.30. The zero-order valence-electron chi connectivity index (χ0n) is 14.8. The van der Waals surface area contributed by atoms with Gasteiger partial charge in [0.25, 0.3) is 5.91 Å². The normalized spacial score (nSPS) is 12.0. The first-order chi connectivity index (χ1) is 12.5. The number of hydrogen-bond acceptors (Lipinski definition) is 3. The highest BCUT2D eigenvalue weighted by molar-refractivity contribution is 6.30. The van der Waals surface area contributed by atoms with Crippen molar-refractivity contribution in [3.63, 3.8) is 0 Å². The quantitative estimate of drug-likeness (QED) is 0.715. The molecular weight excluding hydrogens is 348 g/mol. The Morgan fingerprint density at radius 1 is 1.15 bits per heavy atom. The van der Waals surface area contributed by atoms with Gasteiger partial charge in [-0.25, -0.2) is 0 Å². The highest BCUT2D eigenvalue weighted by Crippen LogP contribution is 2.14. The summed E-state index contributed by atoms with van der Waals surface area (Å²) in [5.74, 6) is -0.212. The molecule has 134 valence electrons. The summed E-state index contributed by atoms with van der Waals surface area (Å²) in [5.41, 5.74) is 2.89. The van der Waals surface area contributed by atoms with Crippen molar-refractivity contribution in [3.8, 4) is 5.69 Å². The Morgan fingerprint density at radius 3 is 2.65 bits per heavy atom. The average Bonchev–Trinajstić information content (AvgIpc) is 3.03. The van der Waals surface area contributed by atoms with E-state index in [1.165, 1.54) is 10.4 Å². The van der Waals surface area contributed by atoms with E-state index in [0.717, 1.165) is 18.5 Å². The van der Waals surface area contributed by atoms with Gasteiger partial charge in [-0.1, -0.05) is 48.0 Å². The molecule has 1 unspecified atom stereocenters. The van der Waals surface area contributed by atoms with Crippen LogP contribution in [0.1, 0.15) is 35.1 Å². The van der Waals surface area contributed by atoms with Crippen molar-refractivity contribution in [1.29, 1.82) is 0 Å². The Balaban J connectivity index is 1.64. The number of hydrogen-bond donors (Lipinski definition) is 1. The SMILES string of the molecule is Cc1nn(-c2cccc(Cl)c2)nc1C(=O)NC(C)CCc1ccccc1. The molecule has 0 spiro atoms. The van der Waals surface area contributed by atoms with Gasteiger partial charge in [0.1, 0.15) is 0 Å². The molecule has 0 aliphatic rings. The van der Waals surface area contributed by atoms with Gasteiger partial charge in [-0.05, 0) is 50.5 Å². The highest BCUT2D eigenvalue weighted by atomic mass is 35.5. The molecule has 0 bridgehead atoms. The number of rotatable bonds is 6. The molecule has 1 heterocycles. The van der Waals surface area contributed by atoms with Crippen molar-refractivity contribution < 1.29 is 4.79 Å². The monoisotopic (exact) mass is 368 g/mol. The number of carbonyl (C=O) groups excluding carboxylic acids is 1. The first kappa shape index (κ1) is 18.1. The van der Waals surface area contributed by atoms with E-state index in [2.05, 4.69) is 27.6 Å². The second kappa shape index (κ2) is 8.15. The summed E-state index contributed by atoms with van der Waals surface area (Å²) in [6, 6.07) is 17.5. The van der Waals surface area contributed by atoms with E-state index in [-0.39, 0.29) is 11.9 Å². The maximum atomic E-state index is 12.5. The van der Waals surface area contributed by atoms with Crippen molar-refractivity contribution in [3.05, 3.63) is 76.6 Å². The molecule has 6 heteroatoms. The number of nitrogens with zero attached hydrogens (tertiary/aromatic N) is 3. The third-order valence-electron chi connectivity index (χ3n) is 4.12. The molecule has 3 rings (SSSR count). The van der Waals surface area contributed by atoms with Gasteiger partial charge in [0.05, 0.1) is 11.4 Å². The largest absolute Gasteiger partial charge is 0.348 e. The molecule has 0 saturated carbocycles. The van der Waals surface area contributed by atoms with Crippen LogP contribution in [-0.2, 0) is 6.42 Å². The summed E-state index contributed by atoms with van der Waals surface area (Å²) >= 11 is 6.01. The van der Waals surface area contributed by atoms with Crippen molar-refractivity contribution in [2.75, 3.05) is 0 Å². The number of carbonyl (C=O) groups is 1. The van der Waals surface area contributed by atoms with Crippen LogP contribution >= 0.6 is 11.6 Å². The van der Waals surface area contributed by atoms with Crippen LogP contribution in [0.15, 0.2) is 54.6 Å². The second-order valence-corrected chi connectivity index (χ2v) is 6.74. The Kier molecular flexibility index (Phi) is 5.68. The molecule has 5 nitrogen and oxygen atoms in total.